The van der Waals surface area contributed by atoms with Crippen LogP contribution < -0.4 is 5.32 Å². The first-order chi connectivity index (χ1) is 12.2. The Labute approximate surface area is 152 Å². The van der Waals surface area contributed by atoms with Crippen molar-refractivity contribution >= 4 is 17.5 Å². The summed E-state index contributed by atoms with van der Waals surface area (Å²) in [4.78, 5) is 12.4. The topological polar surface area (TPSA) is 46.9 Å². The van der Waals surface area contributed by atoms with Gasteiger partial charge in [0.1, 0.15) is 11.9 Å². The third-order valence-corrected chi connectivity index (χ3v) is 4.62. The fourth-order valence-electron chi connectivity index (χ4n) is 2.68. The number of halogens is 5. The van der Waals surface area contributed by atoms with Gasteiger partial charge in [0.05, 0.1) is 10.7 Å². The summed E-state index contributed by atoms with van der Waals surface area (Å²) >= 11 is 5.92. The van der Waals surface area contributed by atoms with E-state index in [2.05, 4.69) is 10.4 Å². The highest BCUT2D eigenvalue weighted by Gasteiger charge is 2.43. The molecule has 0 spiro atoms. The molecule has 1 aromatic carbocycles. The van der Waals surface area contributed by atoms with Crippen LogP contribution in [0.5, 0.6) is 0 Å². The van der Waals surface area contributed by atoms with Gasteiger partial charge in [-0.3, -0.25) is 9.48 Å². The molecule has 1 heterocycles. The average Bonchev–Trinajstić information content (AvgIpc) is 3.34. The summed E-state index contributed by atoms with van der Waals surface area (Å²) in [6.45, 7) is 1.60. The lowest BCUT2D eigenvalue weighted by Gasteiger charge is -2.16. The van der Waals surface area contributed by atoms with Crippen LogP contribution in [0.1, 0.15) is 48.7 Å². The number of aromatic nitrogens is 2. The molecule has 1 aliphatic rings. The van der Waals surface area contributed by atoms with Crippen LogP contribution in [0.2, 0.25) is 5.02 Å². The van der Waals surface area contributed by atoms with Gasteiger partial charge in [0.25, 0.3) is 0 Å². The van der Waals surface area contributed by atoms with Crippen LogP contribution in [0.4, 0.5) is 17.6 Å². The normalized spacial score (nSPS) is 15.8. The van der Waals surface area contributed by atoms with Crippen molar-refractivity contribution in [1.29, 1.82) is 0 Å². The number of alkyl halides is 3. The molecule has 3 rings (SSSR count). The predicted octanol–water partition coefficient (Wildman–Crippen LogP) is 4.45. The van der Waals surface area contributed by atoms with Crippen molar-refractivity contribution in [1.82, 2.24) is 15.1 Å². The zero-order valence-corrected chi connectivity index (χ0v) is 14.5. The van der Waals surface area contributed by atoms with E-state index >= 15 is 0 Å². The van der Waals surface area contributed by atoms with Gasteiger partial charge >= 0.3 is 6.18 Å². The molecule has 0 bridgehead atoms. The highest BCUT2D eigenvalue weighted by atomic mass is 35.5. The van der Waals surface area contributed by atoms with Crippen molar-refractivity contribution in [3.63, 3.8) is 0 Å². The maximum absolute atomic E-state index is 13.1. The zero-order chi connectivity index (χ0) is 19.1. The van der Waals surface area contributed by atoms with E-state index in [1.165, 1.54) is 31.2 Å². The van der Waals surface area contributed by atoms with Gasteiger partial charge in [-0.25, -0.2) is 4.39 Å². The van der Waals surface area contributed by atoms with E-state index < -0.39 is 34.7 Å². The molecule has 140 valence electrons. The molecule has 1 saturated carbocycles. The third kappa shape index (κ3) is 3.85. The molecular formula is C17H16ClF4N3O. The van der Waals surface area contributed by atoms with Crippen molar-refractivity contribution in [3.05, 3.63) is 52.1 Å². The third-order valence-electron chi connectivity index (χ3n) is 4.25. The Morgan fingerprint density at radius 3 is 2.50 bits per heavy atom. The van der Waals surface area contributed by atoms with E-state index in [1.54, 1.807) is 0 Å². The first-order valence-electron chi connectivity index (χ1n) is 8.05. The summed E-state index contributed by atoms with van der Waals surface area (Å²) in [7, 11) is 0. The standard InChI is InChI=1S/C17H16ClF4N3O/c1-9(16(26)23-8-10-2-6-12(19)7-3-10)25-14(11-4-5-11)13(18)15(24-25)17(20,21)22/h2-3,6-7,9,11H,4-5,8H2,1H3,(H,23,26). The quantitative estimate of drug-likeness (QED) is 0.768. The molecule has 0 radical (unpaired) electrons. The van der Waals surface area contributed by atoms with E-state index in [0.29, 0.717) is 18.4 Å². The van der Waals surface area contributed by atoms with Crippen LogP contribution in [-0.2, 0) is 17.5 Å². The summed E-state index contributed by atoms with van der Waals surface area (Å²) in [5.74, 6) is -1.00. The largest absolute Gasteiger partial charge is 0.436 e. The second-order valence-electron chi connectivity index (χ2n) is 6.28. The molecule has 1 amide bonds. The van der Waals surface area contributed by atoms with E-state index in [9.17, 15) is 22.4 Å². The lowest BCUT2D eigenvalue weighted by molar-refractivity contribution is -0.141. The number of hydrogen-bond acceptors (Lipinski definition) is 2. The van der Waals surface area contributed by atoms with E-state index in [-0.39, 0.29) is 18.2 Å². The molecule has 0 aliphatic heterocycles. The van der Waals surface area contributed by atoms with Gasteiger partial charge in [0.2, 0.25) is 5.91 Å². The van der Waals surface area contributed by atoms with E-state index in [4.69, 9.17) is 11.6 Å². The Hall–Kier alpha value is -2.09. The molecule has 26 heavy (non-hydrogen) atoms. The number of carbonyl (C=O) groups excluding carboxylic acids is 1. The summed E-state index contributed by atoms with van der Waals surface area (Å²) < 4.78 is 53.3. The molecule has 0 saturated heterocycles. The molecular weight excluding hydrogens is 374 g/mol. The lowest BCUT2D eigenvalue weighted by atomic mass is 10.2. The second-order valence-corrected chi connectivity index (χ2v) is 6.66. The van der Waals surface area contributed by atoms with Crippen molar-refractivity contribution in [2.45, 2.75) is 44.4 Å². The molecule has 1 aromatic heterocycles. The minimum atomic E-state index is -4.68. The summed E-state index contributed by atoms with van der Waals surface area (Å²) in [6, 6.07) is 4.60. The maximum Gasteiger partial charge on any atom is 0.436 e. The summed E-state index contributed by atoms with van der Waals surface area (Å²) in [6.07, 6.45) is -3.25. The Balaban J connectivity index is 1.79. The lowest BCUT2D eigenvalue weighted by Crippen LogP contribution is -2.32. The van der Waals surface area contributed by atoms with Gasteiger partial charge in [-0.15, -0.1) is 0 Å². The van der Waals surface area contributed by atoms with Crippen LogP contribution in [0.25, 0.3) is 0 Å². The van der Waals surface area contributed by atoms with Gasteiger partial charge in [0.15, 0.2) is 5.69 Å². The molecule has 1 N–H and O–H groups in total. The van der Waals surface area contributed by atoms with Crippen LogP contribution in [-0.4, -0.2) is 15.7 Å². The molecule has 2 aromatic rings. The van der Waals surface area contributed by atoms with Crippen LogP contribution in [0, 0.1) is 5.82 Å². The van der Waals surface area contributed by atoms with Gasteiger partial charge in [-0.1, -0.05) is 23.7 Å². The molecule has 9 heteroatoms. The van der Waals surface area contributed by atoms with Gasteiger partial charge in [0, 0.05) is 12.5 Å². The van der Waals surface area contributed by atoms with Crippen molar-refractivity contribution in [2.75, 3.05) is 0 Å². The van der Waals surface area contributed by atoms with Crippen molar-refractivity contribution in [2.24, 2.45) is 0 Å². The number of benzene rings is 1. The number of nitrogens with one attached hydrogen (secondary N) is 1. The fraction of sp³-hybridized carbons (Fsp3) is 0.412. The Morgan fingerprint density at radius 2 is 1.96 bits per heavy atom. The molecule has 1 unspecified atom stereocenters. The van der Waals surface area contributed by atoms with Crippen LogP contribution in [0.15, 0.2) is 24.3 Å². The zero-order valence-electron chi connectivity index (χ0n) is 13.8. The maximum atomic E-state index is 13.1. The Kier molecular flexibility index (Phi) is 4.96. The fourth-order valence-corrected chi connectivity index (χ4v) is 3.06. The number of carbonyl (C=O) groups is 1. The predicted molar refractivity (Wildman–Crippen MR) is 87.2 cm³/mol. The van der Waals surface area contributed by atoms with Crippen molar-refractivity contribution in [3.8, 4) is 0 Å². The van der Waals surface area contributed by atoms with Gasteiger partial charge < -0.3 is 5.32 Å². The smallest absolute Gasteiger partial charge is 0.350 e. The minimum Gasteiger partial charge on any atom is -0.350 e. The molecule has 1 atom stereocenters. The highest BCUT2D eigenvalue weighted by Crippen LogP contribution is 2.47. The highest BCUT2D eigenvalue weighted by molar-refractivity contribution is 6.32. The van der Waals surface area contributed by atoms with Gasteiger partial charge in [-0.05, 0) is 37.5 Å². The first-order valence-corrected chi connectivity index (χ1v) is 8.43. The molecule has 1 fully saturated rings. The van der Waals surface area contributed by atoms with Crippen LogP contribution >= 0.6 is 11.6 Å². The first kappa shape index (κ1) is 18.7. The number of nitrogens with zero attached hydrogens (tertiary/aromatic N) is 2. The van der Waals surface area contributed by atoms with E-state index in [0.717, 1.165) is 4.68 Å². The minimum absolute atomic E-state index is 0.113. The van der Waals surface area contributed by atoms with Crippen LogP contribution in [0.3, 0.4) is 0 Å². The average molecular weight is 390 g/mol. The number of amides is 1. The molecule has 1 aliphatic carbocycles. The Morgan fingerprint density at radius 1 is 1.35 bits per heavy atom. The second kappa shape index (κ2) is 6.90. The van der Waals surface area contributed by atoms with Crippen molar-refractivity contribution < 1.29 is 22.4 Å². The number of rotatable bonds is 5. The van der Waals surface area contributed by atoms with E-state index in [1.807, 2.05) is 0 Å². The number of hydrogen-bond donors (Lipinski definition) is 1. The monoisotopic (exact) mass is 389 g/mol. The summed E-state index contributed by atoms with van der Waals surface area (Å²) in [5.41, 5.74) is -0.244. The SMILES string of the molecule is CC(C(=O)NCc1ccc(F)cc1)n1nc(C(F)(F)F)c(Cl)c1C1CC1. The Bertz CT molecular complexity index is 813. The summed E-state index contributed by atoms with van der Waals surface area (Å²) in [5, 5.41) is 5.77. The molecule has 4 nitrogen and oxygen atoms in total. The van der Waals surface area contributed by atoms with Gasteiger partial charge in [-0.2, -0.15) is 18.3 Å².